The van der Waals surface area contributed by atoms with Crippen molar-refractivity contribution in [2.75, 3.05) is 19.0 Å². The summed E-state index contributed by atoms with van der Waals surface area (Å²) in [5.74, 6) is 0. The number of methoxy groups -OCH3 is 1. The first kappa shape index (κ1) is 17.1. The molecule has 0 saturated carbocycles. The molecular weight excluding hydrogens is 352 g/mol. The van der Waals surface area contributed by atoms with E-state index in [1.165, 1.54) is 5.57 Å². The number of halogens is 1. The van der Waals surface area contributed by atoms with E-state index in [9.17, 15) is 4.79 Å². The molecule has 136 valence electrons. The Hall–Kier alpha value is -2.31. The van der Waals surface area contributed by atoms with Gasteiger partial charge >= 0.3 is 6.03 Å². The molecule has 2 heterocycles. The monoisotopic (exact) mass is 372 g/mol. The number of urea groups is 1. The summed E-state index contributed by atoms with van der Waals surface area (Å²) < 4.78 is 5.42. The molecule has 26 heavy (non-hydrogen) atoms. The molecule has 1 aromatic carbocycles. The van der Waals surface area contributed by atoms with Crippen LogP contribution in [0.25, 0.3) is 5.57 Å². The number of hydrogen-bond acceptors (Lipinski definition) is 3. The smallest absolute Gasteiger partial charge is 0.322 e. The molecule has 1 unspecified atom stereocenters. The normalized spacial score (nSPS) is 19.2. The van der Waals surface area contributed by atoms with Gasteiger partial charge in [-0.25, -0.2) is 4.79 Å². The van der Waals surface area contributed by atoms with Gasteiger partial charge in [-0.05, 0) is 36.6 Å². The van der Waals surface area contributed by atoms with E-state index in [1.807, 2.05) is 17.0 Å². The van der Waals surface area contributed by atoms with Gasteiger partial charge in [0.2, 0.25) is 0 Å². The molecule has 2 amide bonds. The lowest BCUT2D eigenvalue weighted by molar-refractivity contribution is 0.141. The molecule has 6 nitrogen and oxygen atoms in total. The maximum Gasteiger partial charge on any atom is 0.322 e. The second kappa shape index (κ2) is 7.13. The van der Waals surface area contributed by atoms with Gasteiger partial charge in [0.15, 0.2) is 0 Å². The van der Waals surface area contributed by atoms with Crippen molar-refractivity contribution in [3.8, 4) is 0 Å². The van der Waals surface area contributed by atoms with E-state index in [1.54, 1.807) is 19.2 Å². The molecule has 0 fully saturated rings. The number of fused-ring (bicyclic) bond motifs is 1. The molecule has 2 N–H and O–H groups in total. The number of carbonyl (C=O) groups is 1. The van der Waals surface area contributed by atoms with E-state index in [0.29, 0.717) is 23.8 Å². The fraction of sp³-hybridized carbons (Fsp3) is 0.368. The third kappa shape index (κ3) is 3.34. The molecule has 1 aromatic heterocycles. The van der Waals surface area contributed by atoms with Crippen LogP contribution in [-0.4, -0.2) is 40.9 Å². The second-order valence-electron chi connectivity index (χ2n) is 6.65. The predicted molar refractivity (Wildman–Crippen MR) is 101 cm³/mol. The number of aromatic nitrogens is 2. The molecule has 0 saturated heterocycles. The molecule has 2 aromatic rings. The summed E-state index contributed by atoms with van der Waals surface area (Å²) in [5.41, 5.74) is 5.10. The third-order valence-corrected chi connectivity index (χ3v) is 5.22. The van der Waals surface area contributed by atoms with Gasteiger partial charge in [0.25, 0.3) is 0 Å². The molecule has 1 atom stereocenters. The first-order valence-corrected chi connectivity index (χ1v) is 9.13. The lowest BCUT2D eigenvalue weighted by atomic mass is 10.0. The molecule has 2 aliphatic rings. The molecule has 1 aliphatic carbocycles. The summed E-state index contributed by atoms with van der Waals surface area (Å²) >= 11 is 5.99. The van der Waals surface area contributed by atoms with Gasteiger partial charge in [-0.3, -0.25) is 5.10 Å². The number of aromatic amines is 1. The van der Waals surface area contributed by atoms with Gasteiger partial charge in [-0.2, -0.15) is 5.10 Å². The largest absolute Gasteiger partial charge is 0.377 e. The van der Waals surface area contributed by atoms with Crippen LogP contribution < -0.4 is 5.32 Å². The number of nitrogens with zero attached hydrogens (tertiary/aromatic N) is 2. The van der Waals surface area contributed by atoms with Crippen molar-refractivity contribution in [2.24, 2.45) is 0 Å². The van der Waals surface area contributed by atoms with Crippen LogP contribution in [0.15, 0.2) is 30.3 Å². The quantitative estimate of drug-likeness (QED) is 0.859. The zero-order chi connectivity index (χ0) is 18.1. The zero-order valence-electron chi connectivity index (χ0n) is 14.6. The van der Waals surface area contributed by atoms with Crippen molar-refractivity contribution in [2.45, 2.75) is 31.9 Å². The Bertz CT molecular complexity index is 861. The Labute approximate surface area is 157 Å². The van der Waals surface area contributed by atoms with Gasteiger partial charge in [-0.15, -0.1) is 0 Å². The Morgan fingerprint density at radius 2 is 2.31 bits per heavy atom. The molecule has 1 aliphatic heterocycles. The second-order valence-corrected chi connectivity index (χ2v) is 7.08. The predicted octanol–water partition coefficient (Wildman–Crippen LogP) is 3.85. The number of ether oxygens (including phenoxy) is 1. The number of hydrogen-bond donors (Lipinski definition) is 2. The van der Waals surface area contributed by atoms with E-state index >= 15 is 0 Å². The summed E-state index contributed by atoms with van der Waals surface area (Å²) in [6, 6.07) is 7.05. The van der Waals surface area contributed by atoms with Gasteiger partial charge in [-0.1, -0.05) is 23.7 Å². The summed E-state index contributed by atoms with van der Waals surface area (Å²) in [7, 11) is 1.73. The number of rotatable bonds is 3. The van der Waals surface area contributed by atoms with E-state index in [0.717, 1.165) is 36.2 Å². The number of amides is 2. The average Bonchev–Trinajstić information content (AvgIpc) is 3.27. The van der Waals surface area contributed by atoms with Crippen molar-refractivity contribution < 1.29 is 9.53 Å². The van der Waals surface area contributed by atoms with Gasteiger partial charge in [0, 0.05) is 42.0 Å². The van der Waals surface area contributed by atoms with E-state index in [-0.39, 0.29) is 12.1 Å². The van der Waals surface area contributed by atoms with Crippen molar-refractivity contribution in [3.05, 3.63) is 52.3 Å². The van der Waals surface area contributed by atoms with Crippen LogP contribution in [0.3, 0.4) is 0 Å². The molecular formula is C19H21ClN4O2. The van der Waals surface area contributed by atoms with Crippen LogP contribution in [0, 0.1) is 0 Å². The first-order chi connectivity index (χ1) is 12.6. The summed E-state index contributed by atoms with van der Waals surface area (Å²) in [4.78, 5) is 14.5. The maximum atomic E-state index is 12.6. The summed E-state index contributed by atoms with van der Waals surface area (Å²) in [6.45, 7) is 1.20. The molecule has 0 radical (unpaired) electrons. The molecule has 0 bridgehead atoms. The fourth-order valence-corrected chi connectivity index (χ4v) is 3.77. The third-order valence-electron chi connectivity index (χ3n) is 4.99. The van der Waals surface area contributed by atoms with Crippen LogP contribution in [0.2, 0.25) is 5.02 Å². The Balaban J connectivity index is 1.50. The van der Waals surface area contributed by atoms with Gasteiger partial charge in [0.05, 0.1) is 18.3 Å². The highest BCUT2D eigenvalue weighted by atomic mass is 35.5. The van der Waals surface area contributed by atoms with E-state index in [4.69, 9.17) is 16.3 Å². The van der Waals surface area contributed by atoms with Crippen LogP contribution in [0.5, 0.6) is 0 Å². The average molecular weight is 373 g/mol. The van der Waals surface area contributed by atoms with Gasteiger partial charge < -0.3 is 15.0 Å². The number of benzene rings is 1. The minimum atomic E-state index is -0.125. The topological polar surface area (TPSA) is 70.2 Å². The minimum absolute atomic E-state index is 0.125. The van der Waals surface area contributed by atoms with E-state index in [2.05, 4.69) is 21.6 Å². The molecule has 0 spiro atoms. The highest BCUT2D eigenvalue weighted by molar-refractivity contribution is 6.30. The standard InChI is InChI=1S/C19H21ClN4O2/c1-26-15-6-5-12(9-15)18-16-11-24(8-7-17(16)22-23-18)19(25)21-14-4-2-3-13(20)10-14/h2-4,9-10,15H,5-8,11H2,1H3,(H,21,25)(H,22,23). The molecule has 7 heteroatoms. The van der Waals surface area contributed by atoms with Crippen LogP contribution in [0.1, 0.15) is 29.8 Å². The number of nitrogens with one attached hydrogen (secondary N) is 2. The summed E-state index contributed by atoms with van der Waals surface area (Å²) in [6.07, 6.45) is 4.99. The van der Waals surface area contributed by atoms with Crippen LogP contribution >= 0.6 is 11.6 Å². The van der Waals surface area contributed by atoms with Crippen molar-refractivity contribution >= 4 is 28.9 Å². The fourth-order valence-electron chi connectivity index (χ4n) is 3.57. The summed E-state index contributed by atoms with van der Waals surface area (Å²) in [5, 5.41) is 11.2. The Morgan fingerprint density at radius 3 is 3.08 bits per heavy atom. The van der Waals surface area contributed by atoms with Crippen molar-refractivity contribution in [3.63, 3.8) is 0 Å². The molecule has 4 rings (SSSR count). The highest BCUT2D eigenvalue weighted by Crippen LogP contribution is 2.33. The minimum Gasteiger partial charge on any atom is -0.377 e. The highest BCUT2D eigenvalue weighted by Gasteiger charge is 2.28. The maximum absolute atomic E-state index is 12.6. The lowest BCUT2D eigenvalue weighted by Crippen LogP contribution is -2.39. The van der Waals surface area contributed by atoms with Crippen LogP contribution in [-0.2, 0) is 17.7 Å². The van der Waals surface area contributed by atoms with Gasteiger partial charge in [0.1, 0.15) is 0 Å². The number of allylic oxidation sites excluding steroid dienone is 1. The van der Waals surface area contributed by atoms with Crippen molar-refractivity contribution in [1.29, 1.82) is 0 Å². The number of anilines is 1. The lowest BCUT2D eigenvalue weighted by Gasteiger charge is -2.27. The number of carbonyl (C=O) groups excluding carboxylic acids is 1. The number of H-pyrrole nitrogens is 1. The van der Waals surface area contributed by atoms with Crippen molar-refractivity contribution in [1.82, 2.24) is 15.1 Å². The Kier molecular flexibility index (Phi) is 4.70. The first-order valence-electron chi connectivity index (χ1n) is 8.75. The SMILES string of the molecule is COC1C=C(c2n[nH]c3c2CN(C(=O)Nc2cccc(Cl)c2)CC3)CC1. The Morgan fingerprint density at radius 1 is 1.42 bits per heavy atom. The van der Waals surface area contributed by atoms with E-state index < -0.39 is 0 Å². The zero-order valence-corrected chi connectivity index (χ0v) is 15.3. The van der Waals surface area contributed by atoms with Crippen LogP contribution in [0.4, 0.5) is 10.5 Å².